The van der Waals surface area contributed by atoms with Crippen molar-refractivity contribution in [3.05, 3.63) is 35.9 Å². The van der Waals surface area contributed by atoms with Crippen molar-refractivity contribution < 1.29 is 14.3 Å². The Balaban J connectivity index is 2.22. The lowest BCUT2D eigenvalue weighted by molar-refractivity contribution is -0.145. The molecule has 1 aromatic rings. The minimum absolute atomic E-state index is 0.0701. The topological polar surface area (TPSA) is 55.4 Å². The summed E-state index contributed by atoms with van der Waals surface area (Å²) in [7, 11) is 1.35. The second kappa shape index (κ2) is 14.3. The summed E-state index contributed by atoms with van der Waals surface area (Å²) in [6.45, 7) is 2.23. The summed E-state index contributed by atoms with van der Waals surface area (Å²) in [5.41, 5.74) is 1.01. The van der Waals surface area contributed by atoms with E-state index in [0.29, 0.717) is 12.8 Å². The van der Waals surface area contributed by atoms with Crippen LogP contribution in [0.5, 0.6) is 0 Å². The molecule has 146 valence electrons. The molecule has 0 unspecified atom stereocenters. The predicted molar refractivity (Wildman–Crippen MR) is 106 cm³/mol. The van der Waals surface area contributed by atoms with Gasteiger partial charge in [-0.1, -0.05) is 88.6 Å². The standard InChI is InChI=1S/C22H35NO3/c1-3-4-5-6-7-8-9-10-14-17-21(24)23-20(22(25)26-2)18-19-15-12-11-13-16-19/h11-13,15-16,20H,3-10,14,17-18H2,1-2H3,(H,23,24)/t20-/m0/s1. The molecule has 0 aromatic heterocycles. The molecule has 0 heterocycles. The molecule has 1 amide bonds. The van der Waals surface area contributed by atoms with Gasteiger partial charge in [-0.05, 0) is 12.0 Å². The third-order valence-corrected chi connectivity index (χ3v) is 4.61. The number of methoxy groups -OCH3 is 1. The van der Waals surface area contributed by atoms with Crippen LogP contribution < -0.4 is 5.32 Å². The number of benzene rings is 1. The zero-order valence-corrected chi connectivity index (χ0v) is 16.5. The molecule has 0 aliphatic rings. The van der Waals surface area contributed by atoms with Gasteiger partial charge in [0.25, 0.3) is 0 Å². The number of esters is 1. The SMILES string of the molecule is CCCCCCCCCCCC(=O)N[C@@H](Cc1ccccc1)C(=O)OC. The van der Waals surface area contributed by atoms with Gasteiger partial charge < -0.3 is 10.1 Å². The van der Waals surface area contributed by atoms with Gasteiger partial charge in [0.1, 0.15) is 6.04 Å². The van der Waals surface area contributed by atoms with Crippen LogP contribution in [0, 0.1) is 0 Å². The lowest BCUT2D eigenvalue weighted by atomic mass is 10.0. The van der Waals surface area contributed by atoms with Crippen molar-refractivity contribution >= 4 is 11.9 Å². The Hall–Kier alpha value is -1.84. The highest BCUT2D eigenvalue weighted by Crippen LogP contribution is 2.11. The van der Waals surface area contributed by atoms with Crippen LogP contribution in [0.1, 0.15) is 76.7 Å². The first-order chi connectivity index (χ1) is 12.7. The minimum Gasteiger partial charge on any atom is -0.467 e. The molecule has 4 heteroatoms. The lowest BCUT2D eigenvalue weighted by Crippen LogP contribution is -2.43. The van der Waals surface area contributed by atoms with Gasteiger partial charge in [-0.2, -0.15) is 0 Å². The van der Waals surface area contributed by atoms with E-state index in [4.69, 9.17) is 4.74 Å². The van der Waals surface area contributed by atoms with Gasteiger partial charge in [0.05, 0.1) is 7.11 Å². The molecule has 0 aliphatic carbocycles. The summed E-state index contributed by atoms with van der Waals surface area (Å²) in [6, 6.07) is 9.06. The van der Waals surface area contributed by atoms with E-state index >= 15 is 0 Å². The smallest absolute Gasteiger partial charge is 0.328 e. The summed E-state index contributed by atoms with van der Waals surface area (Å²) in [6.07, 6.45) is 11.9. The molecule has 26 heavy (non-hydrogen) atoms. The molecular formula is C22H35NO3. The minimum atomic E-state index is -0.617. The van der Waals surface area contributed by atoms with Gasteiger partial charge in [-0.25, -0.2) is 4.79 Å². The number of ether oxygens (including phenoxy) is 1. The molecule has 0 fully saturated rings. The summed E-state index contributed by atoms with van der Waals surface area (Å²) in [5, 5.41) is 2.83. The van der Waals surface area contributed by atoms with Crippen LogP contribution in [0.25, 0.3) is 0 Å². The van der Waals surface area contributed by atoms with Crippen molar-refractivity contribution in [3.63, 3.8) is 0 Å². The van der Waals surface area contributed by atoms with Crippen molar-refractivity contribution in [1.82, 2.24) is 5.32 Å². The fourth-order valence-corrected chi connectivity index (χ4v) is 3.05. The summed E-state index contributed by atoms with van der Waals surface area (Å²) in [4.78, 5) is 24.1. The number of carbonyl (C=O) groups is 2. The quantitative estimate of drug-likeness (QED) is 0.382. The van der Waals surface area contributed by atoms with Crippen molar-refractivity contribution in [2.75, 3.05) is 7.11 Å². The summed E-state index contributed by atoms with van der Waals surface area (Å²) >= 11 is 0. The fourth-order valence-electron chi connectivity index (χ4n) is 3.05. The molecule has 0 bridgehead atoms. The molecular weight excluding hydrogens is 326 g/mol. The maximum Gasteiger partial charge on any atom is 0.328 e. The molecule has 0 radical (unpaired) electrons. The third-order valence-electron chi connectivity index (χ3n) is 4.61. The molecule has 0 spiro atoms. The molecule has 0 aliphatic heterocycles. The molecule has 0 saturated carbocycles. The highest BCUT2D eigenvalue weighted by Gasteiger charge is 2.21. The third kappa shape index (κ3) is 10.2. The van der Waals surface area contributed by atoms with Gasteiger partial charge >= 0.3 is 5.97 Å². The van der Waals surface area contributed by atoms with E-state index in [0.717, 1.165) is 18.4 Å². The van der Waals surface area contributed by atoms with E-state index in [1.54, 1.807) is 0 Å². The first kappa shape index (κ1) is 22.2. The number of carbonyl (C=O) groups excluding carboxylic acids is 2. The highest BCUT2D eigenvalue weighted by molar-refractivity contribution is 5.84. The van der Waals surface area contributed by atoms with E-state index in [9.17, 15) is 9.59 Å². The van der Waals surface area contributed by atoms with E-state index in [1.807, 2.05) is 30.3 Å². The van der Waals surface area contributed by atoms with Crippen LogP contribution in [0.3, 0.4) is 0 Å². The molecule has 0 saturated heterocycles. The predicted octanol–water partition coefficient (Wildman–Crippen LogP) is 4.81. The molecule has 4 nitrogen and oxygen atoms in total. The Morgan fingerprint density at radius 2 is 1.50 bits per heavy atom. The summed E-state index contributed by atoms with van der Waals surface area (Å²) < 4.78 is 4.83. The van der Waals surface area contributed by atoms with Gasteiger partial charge in [0.15, 0.2) is 0 Å². The van der Waals surface area contributed by atoms with Gasteiger partial charge in [-0.15, -0.1) is 0 Å². The van der Waals surface area contributed by atoms with Crippen LogP contribution in [0.15, 0.2) is 30.3 Å². The van der Waals surface area contributed by atoms with Crippen LogP contribution in [0.4, 0.5) is 0 Å². The molecule has 1 N–H and O–H groups in total. The molecule has 1 atom stereocenters. The van der Waals surface area contributed by atoms with Crippen LogP contribution in [-0.2, 0) is 20.7 Å². The van der Waals surface area contributed by atoms with E-state index in [-0.39, 0.29) is 5.91 Å². The average Bonchev–Trinajstić information content (AvgIpc) is 2.66. The van der Waals surface area contributed by atoms with Crippen molar-refractivity contribution in [2.45, 2.75) is 83.6 Å². The highest BCUT2D eigenvalue weighted by atomic mass is 16.5. The number of unbranched alkanes of at least 4 members (excludes halogenated alkanes) is 8. The van der Waals surface area contributed by atoms with Crippen LogP contribution in [0.2, 0.25) is 0 Å². The number of amides is 1. The van der Waals surface area contributed by atoms with Gasteiger partial charge in [0, 0.05) is 12.8 Å². The summed E-state index contributed by atoms with van der Waals surface area (Å²) in [5.74, 6) is -0.464. The Labute approximate surface area is 158 Å². The zero-order chi connectivity index (χ0) is 19.0. The van der Waals surface area contributed by atoms with Crippen LogP contribution in [-0.4, -0.2) is 25.0 Å². The zero-order valence-electron chi connectivity index (χ0n) is 16.5. The van der Waals surface area contributed by atoms with Gasteiger partial charge in [0.2, 0.25) is 5.91 Å². The Morgan fingerprint density at radius 3 is 2.08 bits per heavy atom. The average molecular weight is 362 g/mol. The first-order valence-electron chi connectivity index (χ1n) is 10.1. The van der Waals surface area contributed by atoms with Crippen LogP contribution >= 0.6 is 0 Å². The molecule has 1 aromatic carbocycles. The van der Waals surface area contributed by atoms with Crippen molar-refractivity contribution in [2.24, 2.45) is 0 Å². The number of nitrogens with one attached hydrogen (secondary N) is 1. The Bertz CT molecular complexity index is 501. The monoisotopic (exact) mass is 361 g/mol. The normalized spacial score (nSPS) is 11.8. The lowest BCUT2D eigenvalue weighted by Gasteiger charge is -2.16. The Morgan fingerprint density at radius 1 is 0.923 bits per heavy atom. The fraction of sp³-hybridized carbons (Fsp3) is 0.636. The molecule has 1 rings (SSSR count). The first-order valence-corrected chi connectivity index (χ1v) is 10.1. The van der Waals surface area contributed by atoms with Gasteiger partial charge in [-0.3, -0.25) is 4.79 Å². The Kier molecular flexibility index (Phi) is 12.2. The second-order valence-electron chi connectivity index (χ2n) is 6.91. The van der Waals surface area contributed by atoms with Crippen molar-refractivity contribution in [3.8, 4) is 0 Å². The number of hydrogen-bond donors (Lipinski definition) is 1. The number of hydrogen-bond acceptors (Lipinski definition) is 3. The van der Waals surface area contributed by atoms with E-state index in [1.165, 1.54) is 52.1 Å². The van der Waals surface area contributed by atoms with E-state index < -0.39 is 12.0 Å². The van der Waals surface area contributed by atoms with E-state index in [2.05, 4.69) is 12.2 Å². The van der Waals surface area contributed by atoms with Crippen molar-refractivity contribution in [1.29, 1.82) is 0 Å². The number of rotatable bonds is 14. The largest absolute Gasteiger partial charge is 0.467 e. The maximum absolute atomic E-state index is 12.2. The second-order valence-corrected chi connectivity index (χ2v) is 6.91. The maximum atomic E-state index is 12.2.